The second kappa shape index (κ2) is 7.96. The van der Waals surface area contributed by atoms with Crippen LogP contribution in [0.3, 0.4) is 0 Å². The molecule has 1 aromatic heterocycles. The summed E-state index contributed by atoms with van der Waals surface area (Å²) in [6, 6.07) is 0.0774. The van der Waals surface area contributed by atoms with Crippen LogP contribution in [0.4, 0.5) is 4.39 Å². The van der Waals surface area contributed by atoms with Gasteiger partial charge in [-0.15, -0.1) is 0 Å². The van der Waals surface area contributed by atoms with Crippen molar-refractivity contribution in [3.05, 3.63) is 11.7 Å². The monoisotopic (exact) mass is 316 g/mol. The van der Waals surface area contributed by atoms with Crippen LogP contribution in [0, 0.1) is 6.92 Å². The van der Waals surface area contributed by atoms with Crippen molar-refractivity contribution < 1.29 is 18.8 Å². The van der Waals surface area contributed by atoms with E-state index in [9.17, 15) is 9.50 Å². The van der Waals surface area contributed by atoms with Gasteiger partial charge in [0, 0.05) is 39.7 Å². The summed E-state index contributed by atoms with van der Waals surface area (Å²) in [5, 5.41) is 13.6. The number of hydrogen-bond donors (Lipinski definition) is 1. The van der Waals surface area contributed by atoms with Crippen LogP contribution in [0.25, 0.3) is 0 Å². The molecule has 8 heteroatoms. The first-order valence-corrected chi connectivity index (χ1v) is 7.50. The summed E-state index contributed by atoms with van der Waals surface area (Å²) < 4.78 is 23.7. The van der Waals surface area contributed by atoms with Crippen molar-refractivity contribution in [3.63, 3.8) is 0 Å². The van der Waals surface area contributed by atoms with E-state index >= 15 is 0 Å². The number of ether oxygens (including phenoxy) is 1. The molecule has 0 aromatic carbocycles. The number of aryl methyl sites for hydroxylation is 1. The van der Waals surface area contributed by atoms with Gasteiger partial charge in [0.2, 0.25) is 5.89 Å². The van der Waals surface area contributed by atoms with Crippen LogP contribution in [0.1, 0.15) is 18.1 Å². The molecule has 0 saturated carbocycles. The van der Waals surface area contributed by atoms with Gasteiger partial charge in [-0.2, -0.15) is 4.98 Å². The molecular formula is C14H25FN4O3. The normalized spacial score (nSPS) is 24.3. The third kappa shape index (κ3) is 4.98. The zero-order valence-corrected chi connectivity index (χ0v) is 13.4. The first-order valence-electron chi connectivity index (χ1n) is 7.50. The molecule has 2 heterocycles. The molecule has 126 valence electrons. The fourth-order valence-electron chi connectivity index (χ4n) is 2.93. The minimum absolute atomic E-state index is 0.0774. The van der Waals surface area contributed by atoms with Crippen LogP contribution in [0.5, 0.6) is 0 Å². The van der Waals surface area contributed by atoms with Gasteiger partial charge in [0.15, 0.2) is 5.82 Å². The standard InChI is InChI=1S/C14H25FN4O3/c1-10-16-14(17-22-10)8-19-5-11(15)4-12(19)6-18(2)7-13(20)9-21-3/h11-13,20H,4-9H2,1-3H3/t11-,12-,13+/m0/s1. The quantitative estimate of drug-likeness (QED) is 0.736. The molecule has 22 heavy (non-hydrogen) atoms. The van der Waals surface area contributed by atoms with Crippen molar-refractivity contribution in [2.75, 3.05) is 40.4 Å². The first kappa shape index (κ1) is 17.3. The summed E-state index contributed by atoms with van der Waals surface area (Å²) in [5.41, 5.74) is 0. The Morgan fingerprint density at radius 3 is 3.00 bits per heavy atom. The van der Waals surface area contributed by atoms with E-state index < -0.39 is 12.3 Å². The Labute approximate surface area is 130 Å². The molecule has 1 aromatic rings. The predicted octanol–water partition coefficient (Wildman–Crippen LogP) is 0.230. The smallest absolute Gasteiger partial charge is 0.223 e. The first-order chi connectivity index (χ1) is 10.5. The van der Waals surface area contributed by atoms with Gasteiger partial charge < -0.3 is 19.3 Å². The van der Waals surface area contributed by atoms with Gasteiger partial charge in [-0.1, -0.05) is 5.16 Å². The molecule has 1 N–H and O–H groups in total. The lowest BCUT2D eigenvalue weighted by molar-refractivity contribution is 0.0381. The highest BCUT2D eigenvalue weighted by molar-refractivity contribution is 4.92. The number of alkyl halides is 1. The summed E-state index contributed by atoms with van der Waals surface area (Å²) >= 11 is 0. The fourth-order valence-corrected chi connectivity index (χ4v) is 2.93. The van der Waals surface area contributed by atoms with E-state index in [0.29, 0.717) is 50.9 Å². The number of likely N-dealkylation sites (N-methyl/N-ethyl adjacent to an activating group) is 1. The summed E-state index contributed by atoms with van der Waals surface area (Å²) in [6.07, 6.45) is -0.886. The van der Waals surface area contributed by atoms with Crippen LogP contribution in [-0.2, 0) is 11.3 Å². The van der Waals surface area contributed by atoms with E-state index in [-0.39, 0.29) is 6.04 Å². The number of aromatic nitrogens is 2. The number of halogens is 1. The Balaban J connectivity index is 1.87. The average Bonchev–Trinajstić information content (AvgIpc) is 2.96. The topological polar surface area (TPSA) is 74.9 Å². The molecule has 0 radical (unpaired) electrons. The molecule has 0 aliphatic carbocycles. The van der Waals surface area contributed by atoms with Crippen molar-refractivity contribution in [3.8, 4) is 0 Å². The molecule has 0 amide bonds. The van der Waals surface area contributed by atoms with Gasteiger partial charge in [0.25, 0.3) is 0 Å². The largest absolute Gasteiger partial charge is 0.389 e. The van der Waals surface area contributed by atoms with Crippen LogP contribution < -0.4 is 0 Å². The lowest BCUT2D eigenvalue weighted by Crippen LogP contribution is -2.41. The minimum atomic E-state index is -0.838. The molecule has 0 unspecified atom stereocenters. The molecule has 0 spiro atoms. The van der Waals surface area contributed by atoms with Crippen molar-refractivity contribution in [2.24, 2.45) is 0 Å². The predicted molar refractivity (Wildman–Crippen MR) is 78.1 cm³/mol. The SMILES string of the molecule is COC[C@H](O)CN(C)C[C@@H]1C[C@H](F)CN1Cc1noc(C)n1. The van der Waals surface area contributed by atoms with Gasteiger partial charge >= 0.3 is 0 Å². The Hall–Kier alpha value is -1.09. The van der Waals surface area contributed by atoms with E-state index in [1.807, 2.05) is 16.8 Å². The fraction of sp³-hybridized carbons (Fsp3) is 0.857. The van der Waals surface area contributed by atoms with Gasteiger partial charge in [-0.3, -0.25) is 4.90 Å². The highest BCUT2D eigenvalue weighted by Gasteiger charge is 2.33. The Kier molecular flexibility index (Phi) is 6.25. The number of hydrogen-bond acceptors (Lipinski definition) is 7. The number of likely N-dealkylation sites (tertiary alicyclic amines) is 1. The average molecular weight is 316 g/mol. The van der Waals surface area contributed by atoms with Crippen LogP contribution >= 0.6 is 0 Å². The summed E-state index contributed by atoms with van der Waals surface area (Å²) in [7, 11) is 3.48. The van der Waals surface area contributed by atoms with Crippen molar-refractivity contribution in [1.29, 1.82) is 0 Å². The lowest BCUT2D eigenvalue weighted by Gasteiger charge is -2.28. The molecular weight excluding hydrogens is 291 g/mol. The highest BCUT2D eigenvalue weighted by Crippen LogP contribution is 2.22. The van der Waals surface area contributed by atoms with Crippen molar-refractivity contribution >= 4 is 0 Å². The highest BCUT2D eigenvalue weighted by atomic mass is 19.1. The van der Waals surface area contributed by atoms with E-state index in [0.717, 1.165) is 0 Å². The number of aliphatic hydroxyl groups is 1. The van der Waals surface area contributed by atoms with Crippen LogP contribution in [0.15, 0.2) is 4.52 Å². The summed E-state index contributed by atoms with van der Waals surface area (Å²) in [6.45, 7) is 4.07. The van der Waals surface area contributed by atoms with Gasteiger partial charge in [-0.25, -0.2) is 4.39 Å². The van der Waals surface area contributed by atoms with E-state index in [4.69, 9.17) is 9.26 Å². The molecule has 3 atom stereocenters. The maximum atomic E-state index is 13.8. The molecule has 1 saturated heterocycles. The lowest BCUT2D eigenvalue weighted by atomic mass is 10.2. The van der Waals surface area contributed by atoms with Crippen molar-refractivity contribution in [2.45, 2.75) is 38.2 Å². The molecule has 2 rings (SSSR count). The molecule has 7 nitrogen and oxygen atoms in total. The zero-order chi connectivity index (χ0) is 16.1. The Morgan fingerprint density at radius 2 is 2.36 bits per heavy atom. The number of aliphatic hydroxyl groups excluding tert-OH is 1. The molecule has 1 aliphatic heterocycles. The van der Waals surface area contributed by atoms with Crippen molar-refractivity contribution in [1.82, 2.24) is 19.9 Å². The summed E-state index contributed by atoms with van der Waals surface area (Å²) in [5.74, 6) is 1.10. The van der Waals surface area contributed by atoms with Crippen LogP contribution in [-0.4, -0.2) is 83.8 Å². The molecule has 1 fully saturated rings. The van der Waals surface area contributed by atoms with Crippen LogP contribution in [0.2, 0.25) is 0 Å². The second-order valence-electron chi connectivity index (χ2n) is 5.98. The van der Waals surface area contributed by atoms with Gasteiger partial charge in [0.1, 0.15) is 6.17 Å². The second-order valence-corrected chi connectivity index (χ2v) is 5.98. The number of nitrogens with zero attached hydrogens (tertiary/aromatic N) is 4. The third-order valence-electron chi connectivity index (χ3n) is 3.79. The maximum absolute atomic E-state index is 13.8. The van der Waals surface area contributed by atoms with E-state index in [2.05, 4.69) is 10.1 Å². The summed E-state index contributed by atoms with van der Waals surface area (Å²) in [4.78, 5) is 8.21. The maximum Gasteiger partial charge on any atom is 0.223 e. The van der Waals surface area contributed by atoms with E-state index in [1.54, 1.807) is 14.0 Å². The number of methoxy groups -OCH3 is 1. The Bertz CT molecular complexity index is 459. The number of rotatable bonds is 8. The zero-order valence-electron chi connectivity index (χ0n) is 13.4. The van der Waals surface area contributed by atoms with Gasteiger partial charge in [-0.05, 0) is 13.5 Å². The molecule has 1 aliphatic rings. The third-order valence-corrected chi connectivity index (χ3v) is 3.79. The molecule has 0 bridgehead atoms. The Morgan fingerprint density at radius 1 is 1.59 bits per heavy atom. The minimum Gasteiger partial charge on any atom is -0.389 e. The van der Waals surface area contributed by atoms with Gasteiger partial charge in [0.05, 0.1) is 19.3 Å². The van der Waals surface area contributed by atoms with E-state index in [1.165, 1.54) is 0 Å².